The molecular formula is C15H17Cl2NO2. The normalized spacial score (nSPS) is 30.8. The van der Waals surface area contributed by atoms with Crippen LogP contribution < -0.4 is 0 Å². The molecule has 4 rings (SSSR count). The minimum absolute atomic E-state index is 0.232. The first-order valence-corrected chi connectivity index (χ1v) is 7.45. The molecular weight excluding hydrogens is 297 g/mol. The van der Waals surface area contributed by atoms with Crippen molar-refractivity contribution in [2.24, 2.45) is 10.8 Å². The number of halogens is 2. The lowest BCUT2D eigenvalue weighted by Crippen LogP contribution is -2.68. The van der Waals surface area contributed by atoms with E-state index >= 15 is 0 Å². The summed E-state index contributed by atoms with van der Waals surface area (Å²) in [6.45, 7) is 1.72. The zero-order valence-corrected chi connectivity index (χ0v) is 12.8. The Hall–Kier alpha value is -0.770. The van der Waals surface area contributed by atoms with Crippen LogP contribution in [-0.4, -0.2) is 29.6 Å². The molecule has 3 saturated carbocycles. The summed E-state index contributed by atoms with van der Waals surface area (Å²) in [5.74, 6) is -0.622. The Kier molecular flexibility index (Phi) is 3.27. The molecule has 0 radical (unpaired) electrons. The molecule has 1 N–H and O–H groups in total. The van der Waals surface area contributed by atoms with Gasteiger partial charge in [0.25, 0.3) is 0 Å². The minimum Gasteiger partial charge on any atom is -0.481 e. The maximum Gasteiger partial charge on any atom is 0.309 e. The van der Waals surface area contributed by atoms with E-state index in [0.717, 1.165) is 37.9 Å². The SMILES string of the molecule is CN(Cc1cc(Cl)cc(Cl)c1)CC12CC(C(=O)O)(C1)C2. The van der Waals surface area contributed by atoms with Crippen LogP contribution in [0.15, 0.2) is 18.2 Å². The molecule has 0 aromatic heterocycles. The van der Waals surface area contributed by atoms with Crippen LogP contribution in [0.3, 0.4) is 0 Å². The van der Waals surface area contributed by atoms with E-state index in [1.807, 2.05) is 12.1 Å². The number of carboxylic acid groups (broad SMARTS) is 1. The maximum absolute atomic E-state index is 11.1. The lowest BCUT2D eigenvalue weighted by Gasteiger charge is -2.69. The quantitative estimate of drug-likeness (QED) is 0.901. The van der Waals surface area contributed by atoms with Gasteiger partial charge in [-0.1, -0.05) is 23.2 Å². The summed E-state index contributed by atoms with van der Waals surface area (Å²) in [5.41, 5.74) is 0.931. The Bertz CT molecular complexity index is 533. The Morgan fingerprint density at radius 1 is 1.25 bits per heavy atom. The largest absolute Gasteiger partial charge is 0.481 e. The van der Waals surface area contributed by atoms with E-state index in [9.17, 15) is 4.79 Å². The van der Waals surface area contributed by atoms with E-state index < -0.39 is 5.97 Å². The van der Waals surface area contributed by atoms with E-state index in [-0.39, 0.29) is 10.8 Å². The average Bonchev–Trinajstić information content (AvgIpc) is 2.18. The molecule has 0 amide bonds. The standard InChI is InChI=1S/C15H17Cl2NO2/c1-18(5-10-2-11(16)4-12(17)3-10)9-14-6-15(7-14,8-14)13(19)20/h2-4H,5-9H2,1H3,(H,19,20). The molecule has 108 valence electrons. The average molecular weight is 314 g/mol. The fourth-order valence-corrected chi connectivity index (χ4v) is 4.61. The lowest BCUT2D eigenvalue weighted by molar-refractivity contribution is -0.227. The summed E-state index contributed by atoms with van der Waals surface area (Å²) in [6.07, 6.45) is 2.49. The van der Waals surface area contributed by atoms with Crippen molar-refractivity contribution >= 4 is 29.2 Å². The van der Waals surface area contributed by atoms with Gasteiger partial charge in [-0.05, 0) is 55.5 Å². The zero-order valence-electron chi connectivity index (χ0n) is 11.3. The smallest absolute Gasteiger partial charge is 0.309 e. The van der Waals surface area contributed by atoms with Gasteiger partial charge in [0.2, 0.25) is 0 Å². The second-order valence-corrected chi connectivity index (χ2v) is 7.44. The second kappa shape index (κ2) is 4.62. The van der Waals surface area contributed by atoms with Gasteiger partial charge in [0.1, 0.15) is 0 Å². The Morgan fingerprint density at radius 3 is 2.30 bits per heavy atom. The number of aliphatic carboxylic acids is 1. The number of rotatable bonds is 5. The highest BCUT2D eigenvalue weighted by Gasteiger charge is 2.71. The molecule has 20 heavy (non-hydrogen) atoms. The van der Waals surface area contributed by atoms with Crippen molar-refractivity contribution in [3.8, 4) is 0 Å². The molecule has 1 aromatic rings. The van der Waals surface area contributed by atoms with Gasteiger partial charge < -0.3 is 10.0 Å². The molecule has 2 bridgehead atoms. The van der Waals surface area contributed by atoms with Crippen molar-refractivity contribution in [1.82, 2.24) is 4.90 Å². The van der Waals surface area contributed by atoms with Crippen molar-refractivity contribution in [1.29, 1.82) is 0 Å². The molecule has 0 unspecified atom stereocenters. The van der Waals surface area contributed by atoms with Crippen LogP contribution in [0.5, 0.6) is 0 Å². The van der Waals surface area contributed by atoms with E-state index in [2.05, 4.69) is 11.9 Å². The summed E-state index contributed by atoms with van der Waals surface area (Å²) in [7, 11) is 2.06. The Labute approximate surface area is 128 Å². The summed E-state index contributed by atoms with van der Waals surface area (Å²) >= 11 is 12.0. The molecule has 0 spiro atoms. The molecule has 3 fully saturated rings. The van der Waals surface area contributed by atoms with Gasteiger partial charge in [0.15, 0.2) is 0 Å². The predicted octanol–water partition coefficient (Wildman–Crippen LogP) is 3.68. The summed E-state index contributed by atoms with van der Waals surface area (Å²) < 4.78 is 0. The Balaban J connectivity index is 1.57. The van der Waals surface area contributed by atoms with Gasteiger partial charge in [0, 0.05) is 23.1 Å². The van der Waals surface area contributed by atoms with Gasteiger partial charge in [0.05, 0.1) is 5.41 Å². The van der Waals surface area contributed by atoms with E-state index in [0.29, 0.717) is 10.0 Å². The number of nitrogens with zero attached hydrogens (tertiary/aromatic N) is 1. The van der Waals surface area contributed by atoms with Crippen LogP contribution >= 0.6 is 23.2 Å². The third-order valence-electron chi connectivity index (χ3n) is 4.57. The van der Waals surface area contributed by atoms with Crippen LogP contribution in [0.4, 0.5) is 0 Å². The first kappa shape index (κ1) is 14.2. The van der Waals surface area contributed by atoms with Crippen molar-refractivity contribution in [3.05, 3.63) is 33.8 Å². The topological polar surface area (TPSA) is 40.5 Å². The number of carbonyl (C=O) groups is 1. The number of benzene rings is 1. The van der Waals surface area contributed by atoms with Gasteiger partial charge in [-0.3, -0.25) is 4.79 Å². The van der Waals surface area contributed by atoms with E-state index in [1.54, 1.807) is 6.07 Å². The summed E-state index contributed by atoms with van der Waals surface area (Å²) in [4.78, 5) is 13.3. The molecule has 3 aliphatic carbocycles. The summed E-state index contributed by atoms with van der Waals surface area (Å²) in [6, 6.07) is 5.57. The van der Waals surface area contributed by atoms with Crippen LogP contribution in [0.25, 0.3) is 0 Å². The van der Waals surface area contributed by atoms with Crippen LogP contribution in [-0.2, 0) is 11.3 Å². The lowest BCUT2D eigenvalue weighted by atomic mass is 9.35. The second-order valence-electron chi connectivity index (χ2n) is 6.57. The van der Waals surface area contributed by atoms with Crippen LogP contribution in [0, 0.1) is 10.8 Å². The van der Waals surface area contributed by atoms with Gasteiger partial charge >= 0.3 is 5.97 Å². The third-order valence-corrected chi connectivity index (χ3v) is 5.01. The molecule has 0 atom stereocenters. The number of carboxylic acids is 1. The molecule has 1 aromatic carbocycles. The van der Waals surface area contributed by atoms with Crippen molar-refractivity contribution in [3.63, 3.8) is 0 Å². The number of hydrogen-bond acceptors (Lipinski definition) is 2. The van der Waals surface area contributed by atoms with Crippen molar-refractivity contribution in [2.45, 2.75) is 25.8 Å². The third kappa shape index (κ3) is 2.32. The van der Waals surface area contributed by atoms with Crippen LogP contribution in [0.2, 0.25) is 10.0 Å². The van der Waals surface area contributed by atoms with Gasteiger partial charge in [-0.2, -0.15) is 0 Å². The summed E-state index contributed by atoms with van der Waals surface area (Å²) in [5, 5.41) is 10.4. The highest BCUT2D eigenvalue weighted by molar-refractivity contribution is 6.34. The highest BCUT2D eigenvalue weighted by Crippen LogP contribution is 2.73. The fourth-order valence-electron chi connectivity index (χ4n) is 4.04. The maximum atomic E-state index is 11.1. The van der Waals surface area contributed by atoms with Gasteiger partial charge in [-0.25, -0.2) is 0 Å². The van der Waals surface area contributed by atoms with E-state index in [4.69, 9.17) is 28.3 Å². The molecule has 3 aliphatic rings. The van der Waals surface area contributed by atoms with Crippen LogP contribution in [0.1, 0.15) is 24.8 Å². The first-order chi connectivity index (χ1) is 9.32. The fraction of sp³-hybridized carbons (Fsp3) is 0.533. The zero-order chi connectivity index (χ0) is 14.5. The Morgan fingerprint density at radius 2 is 1.80 bits per heavy atom. The molecule has 0 aliphatic heterocycles. The monoisotopic (exact) mass is 313 g/mol. The number of hydrogen-bond donors (Lipinski definition) is 1. The molecule has 3 nitrogen and oxygen atoms in total. The van der Waals surface area contributed by atoms with Gasteiger partial charge in [-0.15, -0.1) is 0 Å². The molecule has 0 heterocycles. The van der Waals surface area contributed by atoms with E-state index in [1.165, 1.54) is 0 Å². The first-order valence-electron chi connectivity index (χ1n) is 6.70. The molecule has 5 heteroatoms. The predicted molar refractivity (Wildman–Crippen MR) is 79.1 cm³/mol. The minimum atomic E-state index is -0.622. The van der Waals surface area contributed by atoms with Crippen molar-refractivity contribution in [2.75, 3.05) is 13.6 Å². The molecule has 0 saturated heterocycles. The highest BCUT2D eigenvalue weighted by atomic mass is 35.5. The van der Waals surface area contributed by atoms with Crippen molar-refractivity contribution < 1.29 is 9.90 Å².